The summed E-state index contributed by atoms with van der Waals surface area (Å²) in [6, 6.07) is 2.86. The van der Waals surface area contributed by atoms with Crippen molar-refractivity contribution in [1.82, 2.24) is 10.3 Å². The fourth-order valence-corrected chi connectivity index (χ4v) is 3.40. The highest BCUT2D eigenvalue weighted by Crippen LogP contribution is 2.29. The fourth-order valence-electron chi connectivity index (χ4n) is 1.70. The molecule has 0 fully saturated rings. The number of aromatic nitrogens is 1. The first-order valence-electron chi connectivity index (χ1n) is 5.80. The van der Waals surface area contributed by atoms with Gasteiger partial charge < -0.3 is 5.32 Å². The van der Waals surface area contributed by atoms with Gasteiger partial charge in [-0.05, 0) is 50.1 Å². The highest BCUT2D eigenvalue weighted by Gasteiger charge is 2.19. The van der Waals surface area contributed by atoms with Crippen molar-refractivity contribution >= 4 is 22.7 Å². The van der Waals surface area contributed by atoms with Crippen LogP contribution in [0.4, 0.5) is 0 Å². The van der Waals surface area contributed by atoms with Gasteiger partial charge in [0.25, 0.3) is 0 Å². The van der Waals surface area contributed by atoms with Crippen molar-refractivity contribution in [3.05, 3.63) is 38.0 Å². The third kappa shape index (κ3) is 2.94. The average Bonchev–Trinajstić information content (AvgIpc) is 2.86. The minimum atomic E-state index is 0.235. The molecule has 17 heavy (non-hydrogen) atoms. The molecular formula is C13H18N2S2. The Labute approximate surface area is 111 Å². The van der Waals surface area contributed by atoms with E-state index in [1.807, 2.05) is 0 Å². The fraction of sp³-hybridized carbons (Fsp3) is 0.462. The zero-order chi connectivity index (χ0) is 12.4. The molecule has 0 aliphatic rings. The van der Waals surface area contributed by atoms with Gasteiger partial charge in [0.1, 0.15) is 5.01 Å². The molecule has 0 bridgehead atoms. The molecule has 2 heterocycles. The molecule has 2 rings (SSSR count). The van der Waals surface area contributed by atoms with Crippen molar-refractivity contribution in [3.63, 3.8) is 0 Å². The monoisotopic (exact) mass is 266 g/mol. The number of hydrogen-bond donors (Lipinski definition) is 1. The van der Waals surface area contributed by atoms with Crippen LogP contribution in [0.3, 0.4) is 0 Å². The average molecular weight is 266 g/mol. The van der Waals surface area contributed by atoms with E-state index in [1.165, 1.54) is 15.4 Å². The van der Waals surface area contributed by atoms with Crippen LogP contribution in [0.1, 0.15) is 41.0 Å². The molecule has 0 spiro atoms. The van der Waals surface area contributed by atoms with Crippen LogP contribution in [0.2, 0.25) is 0 Å². The van der Waals surface area contributed by atoms with Crippen LogP contribution in [-0.4, -0.2) is 11.0 Å². The molecule has 2 aromatic heterocycles. The molecule has 0 aromatic carbocycles. The highest BCUT2D eigenvalue weighted by molar-refractivity contribution is 7.11. The maximum atomic E-state index is 4.68. The van der Waals surface area contributed by atoms with E-state index in [0.29, 0.717) is 6.04 Å². The van der Waals surface area contributed by atoms with E-state index in [-0.39, 0.29) is 6.04 Å². The zero-order valence-electron chi connectivity index (χ0n) is 10.7. The summed E-state index contributed by atoms with van der Waals surface area (Å²) in [5, 5.41) is 9.09. The van der Waals surface area contributed by atoms with Crippen LogP contribution in [0.15, 0.2) is 16.8 Å². The summed E-state index contributed by atoms with van der Waals surface area (Å²) in [7, 11) is 0. The Balaban J connectivity index is 2.33. The van der Waals surface area contributed by atoms with Gasteiger partial charge in [-0.3, -0.25) is 0 Å². The molecule has 1 N–H and O–H groups in total. The van der Waals surface area contributed by atoms with Crippen LogP contribution in [-0.2, 0) is 0 Å². The number of rotatable bonds is 4. The van der Waals surface area contributed by atoms with Crippen molar-refractivity contribution in [1.29, 1.82) is 0 Å². The normalized spacial score (nSPS) is 13.2. The molecule has 1 atom stereocenters. The van der Waals surface area contributed by atoms with Crippen LogP contribution >= 0.6 is 22.7 Å². The summed E-state index contributed by atoms with van der Waals surface area (Å²) in [4.78, 5) is 5.99. The van der Waals surface area contributed by atoms with Gasteiger partial charge in [-0.2, -0.15) is 11.3 Å². The largest absolute Gasteiger partial charge is 0.302 e. The number of hydrogen-bond acceptors (Lipinski definition) is 4. The number of nitrogens with zero attached hydrogens (tertiary/aromatic N) is 1. The van der Waals surface area contributed by atoms with Crippen molar-refractivity contribution in [2.75, 3.05) is 0 Å². The molecule has 0 aliphatic heterocycles. The Kier molecular flexibility index (Phi) is 3.97. The first-order chi connectivity index (χ1) is 8.08. The molecule has 0 radical (unpaired) electrons. The lowest BCUT2D eigenvalue weighted by molar-refractivity contribution is 0.527. The van der Waals surface area contributed by atoms with Crippen molar-refractivity contribution < 1.29 is 0 Å². The van der Waals surface area contributed by atoms with Gasteiger partial charge in [0.15, 0.2) is 0 Å². The van der Waals surface area contributed by atoms with E-state index in [9.17, 15) is 0 Å². The summed E-state index contributed by atoms with van der Waals surface area (Å²) < 4.78 is 0. The standard InChI is InChI=1S/C13H18N2S2/c1-8(2)14-12(11-5-6-16-7-11)13-15-9(3)10(4)17-13/h5-8,12,14H,1-4H3. The van der Waals surface area contributed by atoms with Crippen molar-refractivity contribution in [2.24, 2.45) is 0 Å². The second kappa shape index (κ2) is 5.29. The minimum absolute atomic E-state index is 0.235. The second-order valence-corrected chi connectivity index (χ2v) is 6.52. The number of thiazole rings is 1. The van der Waals surface area contributed by atoms with E-state index >= 15 is 0 Å². The predicted octanol–water partition coefficient (Wildman–Crippen LogP) is 3.91. The summed E-state index contributed by atoms with van der Waals surface area (Å²) in [6.07, 6.45) is 0. The maximum Gasteiger partial charge on any atom is 0.115 e. The third-order valence-electron chi connectivity index (χ3n) is 2.67. The minimum Gasteiger partial charge on any atom is -0.302 e. The SMILES string of the molecule is Cc1nc(C(NC(C)C)c2ccsc2)sc1C. The molecule has 0 aliphatic carbocycles. The number of thiophene rings is 1. The van der Waals surface area contributed by atoms with Crippen LogP contribution in [0.25, 0.3) is 0 Å². The van der Waals surface area contributed by atoms with E-state index < -0.39 is 0 Å². The quantitative estimate of drug-likeness (QED) is 0.907. The zero-order valence-corrected chi connectivity index (χ0v) is 12.3. The molecule has 0 saturated carbocycles. The van der Waals surface area contributed by atoms with Gasteiger partial charge in [0.05, 0.1) is 11.7 Å². The van der Waals surface area contributed by atoms with Gasteiger partial charge >= 0.3 is 0 Å². The third-order valence-corrected chi connectivity index (χ3v) is 4.51. The summed E-state index contributed by atoms with van der Waals surface area (Å²) >= 11 is 3.53. The van der Waals surface area contributed by atoms with Gasteiger partial charge in [0.2, 0.25) is 0 Å². The molecule has 2 aromatic rings. The lowest BCUT2D eigenvalue weighted by Gasteiger charge is -2.18. The van der Waals surface area contributed by atoms with E-state index in [0.717, 1.165) is 5.69 Å². The first-order valence-corrected chi connectivity index (χ1v) is 7.56. The number of nitrogens with one attached hydrogen (secondary N) is 1. The van der Waals surface area contributed by atoms with Crippen molar-refractivity contribution in [2.45, 2.75) is 39.8 Å². The maximum absolute atomic E-state index is 4.68. The molecule has 4 heteroatoms. The van der Waals surface area contributed by atoms with Crippen molar-refractivity contribution in [3.8, 4) is 0 Å². The highest BCUT2D eigenvalue weighted by atomic mass is 32.1. The Bertz CT molecular complexity index is 452. The topological polar surface area (TPSA) is 24.9 Å². The Morgan fingerprint density at radius 2 is 2.06 bits per heavy atom. The molecule has 2 nitrogen and oxygen atoms in total. The van der Waals surface area contributed by atoms with Crippen LogP contribution in [0, 0.1) is 13.8 Å². The van der Waals surface area contributed by atoms with Crippen LogP contribution < -0.4 is 5.32 Å². The van der Waals surface area contributed by atoms with E-state index in [2.05, 4.69) is 54.8 Å². The lowest BCUT2D eigenvalue weighted by Crippen LogP contribution is -2.28. The van der Waals surface area contributed by atoms with Gasteiger partial charge in [-0.25, -0.2) is 4.98 Å². The summed E-state index contributed by atoms with van der Waals surface area (Å²) in [5.74, 6) is 0. The predicted molar refractivity (Wildman–Crippen MR) is 76.0 cm³/mol. The first kappa shape index (κ1) is 12.7. The smallest absolute Gasteiger partial charge is 0.115 e. The Morgan fingerprint density at radius 1 is 1.29 bits per heavy atom. The summed E-state index contributed by atoms with van der Waals surface area (Å²) in [6.45, 7) is 8.56. The molecule has 0 amide bonds. The molecule has 1 unspecified atom stereocenters. The Morgan fingerprint density at radius 3 is 2.53 bits per heavy atom. The van der Waals surface area contributed by atoms with Gasteiger partial charge in [-0.1, -0.05) is 0 Å². The molecular weight excluding hydrogens is 248 g/mol. The van der Waals surface area contributed by atoms with E-state index in [1.54, 1.807) is 22.7 Å². The van der Waals surface area contributed by atoms with Gasteiger partial charge in [-0.15, -0.1) is 11.3 Å². The molecule has 0 saturated heterocycles. The van der Waals surface area contributed by atoms with E-state index in [4.69, 9.17) is 0 Å². The second-order valence-electron chi connectivity index (χ2n) is 4.50. The Hall–Kier alpha value is -0.710. The van der Waals surface area contributed by atoms with Crippen LogP contribution in [0.5, 0.6) is 0 Å². The summed E-state index contributed by atoms with van der Waals surface area (Å²) in [5.41, 5.74) is 2.47. The lowest BCUT2D eigenvalue weighted by atomic mass is 10.1. The van der Waals surface area contributed by atoms with Gasteiger partial charge in [0, 0.05) is 10.9 Å². The number of aryl methyl sites for hydroxylation is 2. The molecule has 92 valence electrons.